The molecule has 2 aliphatic heterocycles. The van der Waals surface area contributed by atoms with Crippen LogP contribution in [0.3, 0.4) is 0 Å². The van der Waals surface area contributed by atoms with Crippen molar-refractivity contribution in [2.45, 2.75) is 18.9 Å². The summed E-state index contributed by atoms with van der Waals surface area (Å²) in [6, 6.07) is 8.47. The van der Waals surface area contributed by atoms with Crippen molar-refractivity contribution < 1.29 is 27.9 Å². The van der Waals surface area contributed by atoms with E-state index in [0.717, 1.165) is 19.4 Å². The minimum Gasteiger partial charge on any atom is -0.476 e. The maximum atomic E-state index is 14.8. The van der Waals surface area contributed by atoms with E-state index in [0.29, 0.717) is 31.9 Å². The van der Waals surface area contributed by atoms with Gasteiger partial charge in [-0.3, -0.25) is 14.4 Å². The van der Waals surface area contributed by atoms with Crippen molar-refractivity contribution >= 4 is 35.0 Å². The van der Waals surface area contributed by atoms with Gasteiger partial charge in [0.1, 0.15) is 6.07 Å². The third kappa shape index (κ3) is 6.16. The zero-order chi connectivity index (χ0) is 30.7. The molecule has 3 amide bonds. The van der Waals surface area contributed by atoms with Crippen LogP contribution in [0.5, 0.6) is 5.75 Å². The van der Waals surface area contributed by atoms with Gasteiger partial charge in [-0.25, -0.2) is 9.37 Å². The minimum atomic E-state index is -1.26. The third-order valence-corrected chi connectivity index (χ3v) is 7.81. The number of halogens is 3. The van der Waals surface area contributed by atoms with Crippen molar-refractivity contribution in [1.82, 2.24) is 24.7 Å². The molecule has 0 spiro atoms. The number of anilines is 1. The average molecular weight is 612 g/mol. The molecule has 1 aromatic heterocycles. The third-order valence-electron chi connectivity index (χ3n) is 7.50. The number of aromatic nitrogens is 2. The molecule has 0 unspecified atom stereocenters. The van der Waals surface area contributed by atoms with Crippen molar-refractivity contribution in [3.8, 4) is 23.1 Å². The topological polar surface area (TPSA) is 133 Å². The van der Waals surface area contributed by atoms with Gasteiger partial charge in [-0.15, -0.1) is 0 Å². The van der Waals surface area contributed by atoms with E-state index in [4.69, 9.17) is 21.6 Å². The molecule has 2 aromatic carbocycles. The van der Waals surface area contributed by atoms with E-state index in [-0.39, 0.29) is 45.5 Å². The molecule has 0 radical (unpaired) electrons. The minimum absolute atomic E-state index is 0.0689. The fraction of sp³-hybridized carbons (Fsp3) is 0.345. The fourth-order valence-corrected chi connectivity index (χ4v) is 5.45. The first-order valence-electron chi connectivity index (χ1n) is 13.6. The van der Waals surface area contributed by atoms with E-state index in [2.05, 4.69) is 15.6 Å². The van der Waals surface area contributed by atoms with Gasteiger partial charge in [-0.1, -0.05) is 11.6 Å². The van der Waals surface area contributed by atoms with Crippen LogP contribution in [0.4, 0.5) is 14.5 Å². The van der Waals surface area contributed by atoms with Crippen LogP contribution in [0.2, 0.25) is 5.02 Å². The Kier molecular flexibility index (Phi) is 8.89. The van der Waals surface area contributed by atoms with Crippen molar-refractivity contribution in [3.63, 3.8) is 0 Å². The Hall–Kier alpha value is -4.54. The van der Waals surface area contributed by atoms with Crippen molar-refractivity contribution in [2.75, 3.05) is 44.6 Å². The van der Waals surface area contributed by atoms with Crippen molar-refractivity contribution in [1.29, 1.82) is 5.26 Å². The molecule has 0 aliphatic carbocycles. The molecule has 3 heterocycles. The fourth-order valence-electron chi connectivity index (χ4n) is 5.19. The number of imidazole rings is 1. The van der Waals surface area contributed by atoms with E-state index >= 15 is 0 Å². The molecular weight excluding hydrogens is 584 g/mol. The van der Waals surface area contributed by atoms with Gasteiger partial charge >= 0.3 is 0 Å². The lowest BCUT2D eigenvalue weighted by Crippen LogP contribution is -2.54. The largest absolute Gasteiger partial charge is 0.476 e. The molecule has 43 heavy (non-hydrogen) atoms. The molecule has 3 aromatic rings. The summed E-state index contributed by atoms with van der Waals surface area (Å²) in [7, 11) is 1.47. The molecule has 0 bridgehead atoms. The van der Waals surface area contributed by atoms with E-state index < -0.39 is 29.9 Å². The Morgan fingerprint density at radius 2 is 1.88 bits per heavy atom. The second-order valence-electron chi connectivity index (χ2n) is 10.1. The maximum Gasteiger partial charge on any atom is 0.291 e. The number of hydrogen-bond acceptors (Lipinski definition) is 7. The Bertz CT molecular complexity index is 1610. The molecule has 2 fully saturated rings. The summed E-state index contributed by atoms with van der Waals surface area (Å²) >= 11 is 6.43. The summed E-state index contributed by atoms with van der Waals surface area (Å²) in [6.07, 6.45) is 3.03. The lowest BCUT2D eigenvalue weighted by Gasteiger charge is -2.36. The van der Waals surface area contributed by atoms with Gasteiger partial charge in [0.2, 0.25) is 11.7 Å². The van der Waals surface area contributed by atoms with Crippen molar-refractivity contribution in [2.24, 2.45) is 7.05 Å². The molecule has 11 nitrogen and oxygen atoms in total. The van der Waals surface area contributed by atoms with Gasteiger partial charge in [-0.05, 0) is 49.7 Å². The summed E-state index contributed by atoms with van der Waals surface area (Å²) in [5.74, 6) is -3.82. The highest BCUT2D eigenvalue weighted by molar-refractivity contribution is 6.34. The summed E-state index contributed by atoms with van der Waals surface area (Å²) in [5, 5.41) is 14.6. The first-order chi connectivity index (χ1) is 20.7. The number of carbonyl (C=O) groups excluding carboxylic acids is 3. The number of carbonyl (C=O) groups is 3. The predicted molar refractivity (Wildman–Crippen MR) is 153 cm³/mol. The SMILES string of the molecule is Cn1c(-c2ccc(OCC#N)c(F)c2F)cnc1C(=O)Nc1ccc(C(=O)N2CCN(C(=O)[C@@H]3CCCN3)CC2)c(Cl)c1. The van der Waals surface area contributed by atoms with Crippen LogP contribution in [0.15, 0.2) is 36.5 Å². The number of amides is 3. The van der Waals surface area contributed by atoms with Gasteiger partial charge < -0.3 is 29.7 Å². The average Bonchev–Trinajstić information content (AvgIpc) is 3.68. The molecule has 0 saturated carbocycles. The number of benzene rings is 2. The Labute approximate surface area is 251 Å². The summed E-state index contributed by atoms with van der Waals surface area (Å²) < 4.78 is 35.4. The molecule has 14 heteroatoms. The number of rotatable bonds is 7. The number of nitrogens with one attached hydrogen (secondary N) is 2. The molecule has 2 aliphatic rings. The predicted octanol–water partition coefficient (Wildman–Crippen LogP) is 3.21. The monoisotopic (exact) mass is 611 g/mol. The number of hydrogen-bond donors (Lipinski definition) is 2. The summed E-state index contributed by atoms with van der Waals surface area (Å²) in [5.41, 5.74) is 0.540. The quantitative estimate of drug-likeness (QED) is 0.419. The van der Waals surface area contributed by atoms with Crippen LogP contribution in [-0.2, 0) is 11.8 Å². The molecule has 1 atom stereocenters. The zero-order valence-corrected chi connectivity index (χ0v) is 24.0. The molecular formula is C29H28ClF2N7O4. The van der Waals surface area contributed by atoms with Gasteiger partial charge in [-0.2, -0.15) is 9.65 Å². The Balaban J connectivity index is 1.23. The Morgan fingerprint density at radius 1 is 1.14 bits per heavy atom. The van der Waals surface area contributed by atoms with Crippen LogP contribution in [0.25, 0.3) is 11.3 Å². The van der Waals surface area contributed by atoms with Crippen LogP contribution >= 0.6 is 11.6 Å². The van der Waals surface area contributed by atoms with Crippen LogP contribution in [0, 0.1) is 23.0 Å². The molecule has 224 valence electrons. The normalized spacial score (nSPS) is 16.6. The lowest BCUT2D eigenvalue weighted by molar-refractivity contribution is -0.134. The first kappa shape index (κ1) is 29.9. The number of nitriles is 1. The van der Waals surface area contributed by atoms with Gasteiger partial charge in [0.25, 0.3) is 11.8 Å². The number of ether oxygens (including phenoxy) is 1. The molecule has 2 N–H and O–H groups in total. The number of piperazine rings is 1. The van der Waals surface area contributed by atoms with E-state index in [9.17, 15) is 23.2 Å². The van der Waals surface area contributed by atoms with Gasteiger partial charge in [0.15, 0.2) is 24.0 Å². The van der Waals surface area contributed by atoms with Gasteiger partial charge in [0.05, 0.1) is 28.5 Å². The summed E-state index contributed by atoms with van der Waals surface area (Å²) in [4.78, 5) is 46.3. The summed E-state index contributed by atoms with van der Waals surface area (Å²) in [6.45, 7) is 2.04. The standard InChI is InChI=1S/C29H28ClF2N7O4/c1-37-22(19-6-7-23(43-14-8-33)25(32)24(19)31)16-35-26(37)27(40)36-17-4-5-18(20(30)15-17)28(41)38-10-12-39(13-11-38)29(42)21-3-2-9-34-21/h4-7,15-16,21,34H,2-3,9-14H2,1H3,(H,36,40)/t21-/m0/s1. The second-order valence-corrected chi connectivity index (χ2v) is 10.5. The van der Waals surface area contributed by atoms with Crippen LogP contribution in [-0.4, -0.2) is 82.4 Å². The van der Waals surface area contributed by atoms with E-state index in [1.807, 2.05) is 0 Å². The lowest BCUT2D eigenvalue weighted by atomic mass is 10.1. The van der Waals surface area contributed by atoms with E-state index in [1.54, 1.807) is 15.9 Å². The smallest absolute Gasteiger partial charge is 0.291 e. The number of nitrogens with zero attached hydrogens (tertiary/aromatic N) is 5. The highest BCUT2D eigenvalue weighted by Gasteiger charge is 2.31. The van der Waals surface area contributed by atoms with E-state index in [1.165, 1.54) is 48.1 Å². The van der Waals surface area contributed by atoms with Gasteiger partial charge in [0, 0.05) is 44.5 Å². The van der Waals surface area contributed by atoms with Crippen LogP contribution < -0.4 is 15.4 Å². The zero-order valence-electron chi connectivity index (χ0n) is 23.2. The highest BCUT2D eigenvalue weighted by Crippen LogP contribution is 2.30. The highest BCUT2D eigenvalue weighted by atomic mass is 35.5. The second kappa shape index (κ2) is 12.8. The maximum absolute atomic E-state index is 14.8. The Morgan fingerprint density at radius 3 is 2.56 bits per heavy atom. The van der Waals surface area contributed by atoms with Crippen LogP contribution in [0.1, 0.15) is 33.8 Å². The molecule has 2 saturated heterocycles. The molecule has 5 rings (SSSR count). The first-order valence-corrected chi connectivity index (χ1v) is 14.0. The van der Waals surface area contributed by atoms with Crippen molar-refractivity contribution in [3.05, 3.63) is 64.6 Å².